The summed E-state index contributed by atoms with van der Waals surface area (Å²) in [6, 6.07) is 2.71. The molecule has 0 spiro atoms. The standard InChI is InChI=1S/C7H6N4O2S/c8-6(12)11-7(13)9-5(10-11)4-2-1-3-14-4/h1-3H,(H2,8,12)(H,9,10,13). The van der Waals surface area contributed by atoms with E-state index in [1.54, 1.807) is 6.07 Å². The Hall–Kier alpha value is -1.89. The smallest absolute Gasteiger partial charge is 0.350 e. The Morgan fingerprint density at radius 2 is 2.43 bits per heavy atom. The summed E-state index contributed by atoms with van der Waals surface area (Å²) in [6.07, 6.45) is 0. The van der Waals surface area contributed by atoms with Gasteiger partial charge in [0, 0.05) is 0 Å². The van der Waals surface area contributed by atoms with Crippen LogP contribution in [0.4, 0.5) is 4.79 Å². The van der Waals surface area contributed by atoms with Crippen molar-refractivity contribution in [1.29, 1.82) is 0 Å². The number of rotatable bonds is 1. The van der Waals surface area contributed by atoms with Gasteiger partial charge in [0.1, 0.15) is 0 Å². The molecule has 2 heterocycles. The summed E-state index contributed by atoms with van der Waals surface area (Å²) >= 11 is 1.41. The van der Waals surface area contributed by atoms with Crippen molar-refractivity contribution >= 4 is 17.4 Å². The minimum atomic E-state index is -0.894. The number of aromatic nitrogens is 3. The Bertz CT molecular complexity index is 510. The number of primary amides is 1. The van der Waals surface area contributed by atoms with Crippen LogP contribution in [-0.4, -0.2) is 20.8 Å². The second-order valence-corrected chi connectivity index (χ2v) is 3.45. The maximum absolute atomic E-state index is 11.1. The predicted molar refractivity (Wildman–Crippen MR) is 51.1 cm³/mol. The van der Waals surface area contributed by atoms with Gasteiger partial charge in [-0.05, 0) is 11.4 Å². The Morgan fingerprint density at radius 3 is 2.93 bits per heavy atom. The SMILES string of the molecule is NC(=O)n1nc(-c2cccs2)[nH]c1=O. The number of thiophene rings is 1. The zero-order valence-corrected chi connectivity index (χ0v) is 7.75. The summed E-state index contributed by atoms with van der Waals surface area (Å²) in [4.78, 5) is 25.1. The highest BCUT2D eigenvalue weighted by atomic mass is 32.1. The average Bonchev–Trinajstić information content (AvgIpc) is 2.70. The van der Waals surface area contributed by atoms with Gasteiger partial charge in [0.2, 0.25) is 0 Å². The summed E-state index contributed by atoms with van der Waals surface area (Å²) in [5.74, 6) is 0.351. The third kappa shape index (κ3) is 1.33. The summed E-state index contributed by atoms with van der Waals surface area (Å²) in [7, 11) is 0. The van der Waals surface area contributed by atoms with E-state index in [1.807, 2.05) is 11.4 Å². The van der Waals surface area contributed by atoms with Crippen LogP contribution >= 0.6 is 11.3 Å². The average molecular weight is 210 g/mol. The van der Waals surface area contributed by atoms with Crippen LogP contribution in [0.15, 0.2) is 22.3 Å². The lowest BCUT2D eigenvalue weighted by atomic mass is 10.4. The molecule has 0 aromatic carbocycles. The van der Waals surface area contributed by atoms with Crippen molar-refractivity contribution in [3.8, 4) is 10.7 Å². The number of nitrogens with two attached hydrogens (primary N) is 1. The first-order valence-corrected chi connectivity index (χ1v) is 4.59. The third-order valence-electron chi connectivity index (χ3n) is 1.58. The molecular weight excluding hydrogens is 204 g/mol. The van der Waals surface area contributed by atoms with Crippen molar-refractivity contribution in [1.82, 2.24) is 14.8 Å². The molecule has 3 N–H and O–H groups in total. The zero-order valence-electron chi connectivity index (χ0n) is 6.93. The van der Waals surface area contributed by atoms with E-state index < -0.39 is 11.7 Å². The van der Waals surface area contributed by atoms with Crippen LogP contribution in [0.25, 0.3) is 10.7 Å². The van der Waals surface area contributed by atoms with Gasteiger partial charge >= 0.3 is 11.7 Å². The van der Waals surface area contributed by atoms with Gasteiger partial charge in [0.05, 0.1) is 4.88 Å². The van der Waals surface area contributed by atoms with Crippen molar-refractivity contribution in [3.63, 3.8) is 0 Å². The van der Waals surface area contributed by atoms with Crippen molar-refractivity contribution < 1.29 is 4.79 Å². The lowest BCUT2D eigenvalue weighted by Gasteiger charge is -1.87. The van der Waals surface area contributed by atoms with Crippen LogP contribution in [0.2, 0.25) is 0 Å². The van der Waals surface area contributed by atoms with Gasteiger partial charge in [-0.2, -0.15) is 0 Å². The first-order valence-electron chi connectivity index (χ1n) is 3.71. The van der Waals surface area contributed by atoms with E-state index >= 15 is 0 Å². The minimum Gasteiger partial charge on any atom is -0.350 e. The molecule has 1 amide bonds. The number of aromatic amines is 1. The Labute approximate surface area is 82.0 Å². The number of hydrogen-bond acceptors (Lipinski definition) is 4. The number of hydrogen-bond donors (Lipinski definition) is 2. The molecule has 2 aromatic heterocycles. The molecule has 0 saturated heterocycles. The molecule has 6 nitrogen and oxygen atoms in total. The fourth-order valence-corrected chi connectivity index (χ4v) is 1.66. The number of amides is 1. The van der Waals surface area contributed by atoms with E-state index in [0.717, 1.165) is 4.88 Å². The number of nitrogens with one attached hydrogen (secondary N) is 1. The monoisotopic (exact) mass is 210 g/mol. The fraction of sp³-hybridized carbons (Fsp3) is 0. The van der Waals surface area contributed by atoms with Crippen molar-refractivity contribution in [3.05, 3.63) is 28.0 Å². The molecule has 2 rings (SSSR count). The van der Waals surface area contributed by atoms with Gasteiger partial charge in [-0.15, -0.1) is 21.1 Å². The maximum atomic E-state index is 11.1. The molecule has 7 heteroatoms. The van der Waals surface area contributed by atoms with E-state index in [9.17, 15) is 9.59 Å². The largest absolute Gasteiger partial charge is 0.352 e. The molecule has 14 heavy (non-hydrogen) atoms. The molecule has 2 aromatic rings. The van der Waals surface area contributed by atoms with Crippen LogP contribution in [0.3, 0.4) is 0 Å². The number of carbonyl (C=O) groups is 1. The topological polar surface area (TPSA) is 93.8 Å². The van der Waals surface area contributed by atoms with Gasteiger partial charge in [-0.1, -0.05) is 6.07 Å². The van der Waals surface area contributed by atoms with Crippen molar-refractivity contribution in [2.75, 3.05) is 0 Å². The van der Waals surface area contributed by atoms with E-state index in [1.165, 1.54) is 11.3 Å². The number of carbonyl (C=O) groups excluding carboxylic acids is 1. The van der Waals surface area contributed by atoms with Gasteiger partial charge in [0.15, 0.2) is 5.82 Å². The van der Waals surface area contributed by atoms with Crippen molar-refractivity contribution in [2.24, 2.45) is 5.73 Å². The lowest BCUT2D eigenvalue weighted by molar-refractivity contribution is 0.247. The van der Waals surface area contributed by atoms with Crippen LogP contribution < -0.4 is 11.4 Å². The van der Waals surface area contributed by atoms with E-state index in [2.05, 4.69) is 10.1 Å². The maximum Gasteiger partial charge on any atom is 0.352 e. The molecule has 72 valence electrons. The second-order valence-electron chi connectivity index (χ2n) is 2.51. The van der Waals surface area contributed by atoms with Gasteiger partial charge in [-0.25, -0.2) is 9.59 Å². The Balaban J connectivity index is 2.53. The zero-order chi connectivity index (χ0) is 10.1. The first-order chi connectivity index (χ1) is 6.68. The van der Waals surface area contributed by atoms with E-state index in [0.29, 0.717) is 10.5 Å². The molecule has 0 aliphatic heterocycles. The molecule has 0 radical (unpaired) electrons. The van der Waals surface area contributed by atoms with Crippen LogP contribution in [0, 0.1) is 0 Å². The molecule has 0 unspecified atom stereocenters. The second kappa shape index (κ2) is 3.11. The molecular formula is C7H6N4O2S. The van der Waals surface area contributed by atoms with Crippen LogP contribution in [0.5, 0.6) is 0 Å². The Kier molecular flexibility index (Phi) is 1.93. The minimum absolute atomic E-state index is 0.351. The highest BCUT2D eigenvalue weighted by molar-refractivity contribution is 7.13. The van der Waals surface area contributed by atoms with Crippen LogP contribution in [0.1, 0.15) is 0 Å². The molecule has 0 aliphatic carbocycles. The van der Waals surface area contributed by atoms with Crippen LogP contribution in [-0.2, 0) is 0 Å². The summed E-state index contributed by atoms with van der Waals surface area (Å²) in [6.45, 7) is 0. The molecule has 0 bridgehead atoms. The summed E-state index contributed by atoms with van der Waals surface area (Å²) in [5.41, 5.74) is 4.30. The van der Waals surface area contributed by atoms with E-state index in [-0.39, 0.29) is 0 Å². The quantitative estimate of drug-likeness (QED) is 0.705. The third-order valence-corrected chi connectivity index (χ3v) is 2.46. The first kappa shape index (κ1) is 8.70. The van der Waals surface area contributed by atoms with E-state index in [4.69, 9.17) is 5.73 Å². The summed E-state index contributed by atoms with van der Waals surface area (Å²) < 4.78 is 0.592. The highest BCUT2D eigenvalue weighted by Crippen LogP contribution is 2.18. The Morgan fingerprint density at radius 1 is 1.64 bits per heavy atom. The van der Waals surface area contributed by atoms with Gasteiger partial charge in [0.25, 0.3) is 0 Å². The van der Waals surface area contributed by atoms with Gasteiger partial charge < -0.3 is 5.73 Å². The normalized spacial score (nSPS) is 10.3. The fourth-order valence-electron chi connectivity index (χ4n) is 0.998. The molecule has 0 aliphatic rings. The molecule has 0 atom stereocenters. The molecule has 0 fully saturated rings. The molecule has 0 saturated carbocycles. The summed E-state index contributed by atoms with van der Waals surface area (Å²) in [5, 5.41) is 5.58. The highest BCUT2D eigenvalue weighted by Gasteiger charge is 2.10. The van der Waals surface area contributed by atoms with Crippen molar-refractivity contribution in [2.45, 2.75) is 0 Å². The number of H-pyrrole nitrogens is 1. The lowest BCUT2D eigenvalue weighted by Crippen LogP contribution is -2.30. The predicted octanol–water partition coefficient (Wildman–Crippen LogP) is 0.227. The van der Waals surface area contributed by atoms with Gasteiger partial charge in [-0.3, -0.25) is 4.98 Å². The number of nitrogens with zero attached hydrogens (tertiary/aromatic N) is 2.